The summed E-state index contributed by atoms with van der Waals surface area (Å²) < 4.78 is 5.83. The number of unbranched alkanes of at least 4 members (excludes halogenated alkanes) is 4. The summed E-state index contributed by atoms with van der Waals surface area (Å²) in [6.45, 7) is 32.6. The predicted molar refractivity (Wildman–Crippen MR) is 495 cm³/mol. The smallest absolute Gasteiger partial charge is 0.407 e. The van der Waals surface area contributed by atoms with Gasteiger partial charge in [0.25, 0.3) is 0 Å². The largest absolute Gasteiger partial charge is 0.481 e. The van der Waals surface area contributed by atoms with Gasteiger partial charge in [0.2, 0.25) is 65.0 Å². The zero-order valence-corrected chi connectivity index (χ0v) is 79.0. The van der Waals surface area contributed by atoms with Gasteiger partial charge in [-0.1, -0.05) is 185 Å². The van der Waals surface area contributed by atoms with E-state index in [4.69, 9.17) is 27.7 Å². The van der Waals surface area contributed by atoms with Crippen LogP contribution in [0.3, 0.4) is 0 Å². The van der Waals surface area contributed by atoms with E-state index in [2.05, 4.69) is 75.9 Å². The van der Waals surface area contributed by atoms with Gasteiger partial charge in [-0.2, -0.15) is 0 Å². The molecule has 31 nitrogen and oxygen atoms in total. The summed E-state index contributed by atoms with van der Waals surface area (Å²) in [5.74, 6) is -5.78. The Labute approximate surface area is 752 Å². The van der Waals surface area contributed by atoms with Crippen LogP contribution >= 0.6 is 0 Å². The Bertz CT molecular complexity index is 3600. The predicted octanol–water partition coefficient (Wildman–Crippen LogP) is 9.32. The topological polar surface area (TPSA) is 500 Å². The second kappa shape index (κ2) is 60.8. The molecular formula is C95H164N16O15. The maximum absolute atomic E-state index is 14.2. The fourth-order valence-corrected chi connectivity index (χ4v) is 16.4. The molecule has 12 atom stereocenters. The van der Waals surface area contributed by atoms with Crippen LogP contribution in [0.15, 0.2) is 48.5 Å². The van der Waals surface area contributed by atoms with Crippen molar-refractivity contribution in [2.24, 2.45) is 70.3 Å². The van der Waals surface area contributed by atoms with Crippen LogP contribution in [-0.2, 0) is 62.3 Å². The third-order valence-electron chi connectivity index (χ3n) is 22.9. The zero-order valence-electron chi connectivity index (χ0n) is 79.0. The average Bonchev–Trinajstić information content (AvgIpc) is 1.61. The quantitative estimate of drug-likeness (QED) is 0.0274. The standard InChI is InChI=1S/C95H164N16O15/c1-58(2)41-70(49-87(116)108-79(62(9)10)53-90(119)100-67(30-22-26-38-97)46-84(113)105-71(42-59(3)4)50-88(117)110-81(64(13)14)55-92(121)102-69(32-24-28-40-99)48-86(115)107-73(44-61(7)8)52-94(123)124)104-83(112)45-66(29-21-25-37-96)101-91(120)54-80(63(11)12)109-89(118)51-72(43-60(5)6)106-85(114)47-68(31-23-27-39-98)103-93(122)56-82(65(15)16)111-95(125)126-57-78-76-35-19-17-33-74(76)75-34-18-20-36-77(75)78/h17-20,33-36,58-73,78-82H,21-32,37-57,96-99H2,1-16H3,(H,100,119)(H,101,120)(H,102,121)(H,103,122)(H,104,112)(H,105,113)(H,106,114)(H,107,115)(H,108,116)(H,109,118)(H,110,117)(H,111,125)(H,123,124)/t66-,67-,68-,69-,70-,71-,72-,73-,79+,80+,81+,82+/m0/s1. The van der Waals surface area contributed by atoms with E-state index in [-0.39, 0.29) is 178 Å². The second-order valence-electron chi connectivity index (χ2n) is 38.2. The SMILES string of the molecule is CC(C)C[C@@H](CC(=O)O)NC(=O)C[C@H](CCCCN)NC(=O)C[C@@H](NC(=O)C[C@H](CC(C)C)NC(=O)C[C@H](CCCCN)NC(=O)C[C@@H](NC(=O)C[C@H](CC(C)C)NC(=O)C[C@H](CCCCN)NC(=O)C[C@@H](NC(=O)C[C@H](CC(C)C)NC(=O)C[C@H](CCCCN)NC(=O)C[C@@H](NC(=O)OCC1c2ccccc2-c2ccccc21)C(C)C)C(C)C)C(C)C)C(C)C. The summed E-state index contributed by atoms with van der Waals surface area (Å²) in [7, 11) is 0. The second-order valence-corrected chi connectivity index (χ2v) is 38.2. The van der Waals surface area contributed by atoms with Crippen molar-refractivity contribution in [2.75, 3.05) is 32.8 Å². The number of amides is 12. The van der Waals surface area contributed by atoms with Gasteiger partial charge in [0.15, 0.2) is 0 Å². The van der Waals surface area contributed by atoms with Gasteiger partial charge in [-0.05, 0) is 173 Å². The van der Waals surface area contributed by atoms with Gasteiger partial charge >= 0.3 is 12.1 Å². The van der Waals surface area contributed by atoms with Gasteiger partial charge in [-0.3, -0.25) is 57.5 Å². The Morgan fingerprint density at radius 2 is 0.500 bits per heavy atom. The zero-order chi connectivity index (χ0) is 94.1. The van der Waals surface area contributed by atoms with Gasteiger partial charge < -0.3 is 96.6 Å². The molecule has 0 fully saturated rings. The van der Waals surface area contributed by atoms with Crippen LogP contribution in [0.2, 0.25) is 0 Å². The minimum atomic E-state index is -1.03. The van der Waals surface area contributed by atoms with Crippen molar-refractivity contribution >= 4 is 77.0 Å². The number of fused-ring (bicyclic) bond motifs is 3. The first-order valence-corrected chi connectivity index (χ1v) is 47.0. The van der Waals surface area contributed by atoms with E-state index >= 15 is 0 Å². The Morgan fingerprint density at radius 3 is 0.738 bits per heavy atom. The molecule has 0 saturated heterocycles. The highest BCUT2D eigenvalue weighted by molar-refractivity contribution is 5.87. The molecule has 2 aromatic carbocycles. The lowest BCUT2D eigenvalue weighted by Gasteiger charge is -2.27. The fraction of sp³-hybridized carbons (Fsp3) is 0.737. The minimum Gasteiger partial charge on any atom is -0.481 e. The van der Waals surface area contributed by atoms with Gasteiger partial charge in [0.1, 0.15) is 6.61 Å². The van der Waals surface area contributed by atoms with E-state index < -0.39 is 108 Å². The van der Waals surface area contributed by atoms with Crippen LogP contribution in [0.1, 0.15) is 308 Å². The number of hydrogen-bond donors (Lipinski definition) is 17. The third-order valence-corrected chi connectivity index (χ3v) is 22.9. The van der Waals surface area contributed by atoms with Crippen molar-refractivity contribution in [3.05, 3.63) is 59.7 Å². The van der Waals surface area contributed by atoms with Crippen molar-refractivity contribution in [2.45, 2.75) is 369 Å². The molecule has 0 aromatic heterocycles. The maximum Gasteiger partial charge on any atom is 0.407 e. The molecule has 12 amide bonds. The molecule has 21 N–H and O–H groups in total. The Hall–Kier alpha value is -8.81. The molecule has 0 unspecified atom stereocenters. The number of ether oxygens (including phenoxy) is 1. The van der Waals surface area contributed by atoms with Crippen molar-refractivity contribution in [3.63, 3.8) is 0 Å². The summed E-state index contributed by atoms with van der Waals surface area (Å²) in [4.78, 5) is 179. The van der Waals surface area contributed by atoms with Crippen molar-refractivity contribution in [3.8, 4) is 11.1 Å². The van der Waals surface area contributed by atoms with E-state index in [1.807, 2.05) is 147 Å². The molecular weight excluding hydrogens is 1610 g/mol. The molecule has 0 spiro atoms. The molecule has 0 bridgehead atoms. The van der Waals surface area contributed by atoms with Gasteiger partial charge in [0.05, 0.1) is 6.42 Å². The van der Waals surface area contributed by atoms with Gasteiger partial charge in [0, 0.05) is 149 Å². The lowest BCUT2D eigenvalue weighted by Crippen LogP contribution is -2.49. The first-order chi connectivity index (χ1) is 59.6. The van der Waals surface area contributed by atoms with E-state index in [1.54, 1.807) is 0 Å². The molecule has 0 aliphatic heterocycles. The number of carboxylic acids is 1. The molecule has 31 heteroatoms. The van der Waals surface area contributed by atoms with Gasteiger partial charge in [-0.15, -0.1) is 0 Å². The first kappa shape index (κ1) is 111. The molecule has 1 aliphatic carbocycles. The summed E-state index contributed by atoms with van der Waals surface area (Å²) in [6, 6.07) is 8.89. The number of nitrogens with two attached hydrogens (primary N) is 4. The number of rotatable bonds is 66. The number of carbonyl (C=O) groups is 13. The molecule has 0 radical (unpaired) electrons. The van der Waals surface area contributed by atoms with E-state index in [1.165, 1.54) is 0 Å². The van der Waals surface area contributed by atoms with Crippen LogP contribution in [0.25, 0.3) is 11.1 Å². The first-order valence-electron chi connectivity index (χ1n) is 47.0. The van der Waals surface area contributed by atoms with Crippen LogP contribution in [-0.4, -0.2) is 187 Å². The summed E-state index contributed by atoms with van der Waals surface area (Å²) in [5, 5.41) is 45.7. The number of carbonyl (C=O) groups excluding carboxylic acids is 12. The highest BCUT2D eigenvalue weighted by Gasteiger charge is 2.35. The van der Waals surface area contributed by atoms with Gasteiger partial charge in [-0.25, -0.2) is 4.79 Å². The van der Waals surface area contributed by atoms with Crippen LogP contribution in [0.4, 0.5) is 4.79 Å². The lowest BCUT2D eigenvalue weighted by molar-refractivity contribution is -0.138. The van der Waals surface area contributed by atoms with Crippen LogP contribution in [0.5, 0.6) is 0 Å². The Kier molecular flexibility index (Phi) is 53.8. The summed E-state index contributed by atoms with van der Waals surface area (Å²) >= 11 is 0. The Balaban J connectivity index is 1.65. The Morgan fingerprint density at radius 1 is 0.286 bits per heavy atom. The number of benzene rings is 2. The number of hydrogen-bond acceptors (Lipinski definition) is 18. The molecule has 714 valence electrons. The number of carboxylic acid groups (broad SMARTS) is 1. The van der Waals surface area contributed by atoms with E-state index in [0.717, 1.165) is 22.3 Å². The molecule has 126 heavy (non-hydrogen) atoms. The van der Waals surface area contributed by atoms with Crippen LogP contribution in [0, 0.1) is 47.3 Å². The summed E-state index contributed by atoms with van der Waals surface area (Å²) in [6.07, 6.45) is 6.76. The number of alkyl carbamates (subject to hydrolysis) is 1. The van der Waals surface area contributed by atoms with E-state index in [0.29, 0.717) is 129 Å². The van der Waals surface area contributed by atoms with E-state index in [9.17, 15) is 67.4 Å². The lowest BCUT2D eigenvalue weighted by atomic mass is 9.96. The summed E-state index contributed by atoms with van der Waals surface area (Å²) in [5.41, 5.74) is 27.8. The monoisotopic (exact) mass is 1770 g/mol. The van der Waals surface area contributed by atoms with Crippen molar-refractivity contribution in [1.29, 1.82) is 0 Å². The number of nitrogens with one attached hydrogen (secondary N) is 12. The molecule has 0 heterocycles. The van der Waals surface area contributed by atoms with Crippen LogP contribution < -0.4 is 86.7 Å². The number of aliphatic carboxylic acids is 1. The highest BCUT2D eigenvalue weighted by Crippen LogP contribution is 2.44. The van der Waals surface area contributed by atoms with Crippen molar-refractivity contribution < 1.29 is 72.2 Å². The molecule has 3 rings (SSSR count). The minimum absolute atomic E-state index is 0.0492. The average molecular weight is 1770 g/mol. The fourth-order valence-electron chi connectivity index (χ4n) is 16.4. The molecule has 2 aromatic rings. The maximum atomic E-state index is 14.2. The normalized spacial score (nSPS) is 14.9. The highest BCUT2D eigenvalue weighted by atomic mass is 16.5. The molecule has 1 aliphatic rings. The third kappa shape index (κ3) is 47.3. The van der Waals surface area contributed by atoms with Crippen molar-refractivity contribution in [1.82, 2.24) is 63.8 Å². The molecule has 0 saturated carbocycles.